The number of rotatable bonds is 8. The van der Waals surface area contributed by atoms with Crippen molar-refractivity contribution < 1.29 is 19.2 Å². The first-order valence-electron chi connectivity index (χ1n) is 9.37. The number of fused-ring (bicyclic) bond motifs is 1. The number of carbonyl (C=O) groups is 1. The van der Waals surface area contributed by atoms with E-state index in [2.05, 4.69) is 15.3 Å². The molecule has 1 atom stereocenters. The van der Waals surface area contributed by atoms with Crippen molar-refractivity contribution in [3.63, 3.8) is 0 Å². The first-order chi connectivity index (χ1) is 14.0. The Hall–Kier alpha value is -3.39. The molecule has 8 nitrogen and oxygen atoms in total. The Bertz CT molecular complexity index is 1050. The quantitative estimate of drug-likeness (QED) is 0.527. The molecule has 0 bridgehead atoms. The van der Waals surface area contributed by atoms with Crippen molar-refractivity contribution in [2.45, 2.75) is 13.5 Å². The molecule has 1 unspecified atom stereocenters. The number of hydrogen-bond acceptors (Lipinski definition) is 5. The van der Waals surface area contributed by atoms with Crippen LogP contribution >= 0.6 is 0 Å². The number of hydrogen-bond donors (Lipinski definition) is 3. The summed E-state index contributed by atoms with van der Waals surface area (Å²) in [4.78, 5) is 33.2. The van der Waals surface area contributed by atoms with Crippen LogP contribution in [0.5, 0.6) is 11.5 Å². The van der Waals surface area contributed by atoms with Crippen molar-refractivity contribution in [1.29, 1.82) is 0 Å². The van der Waals surface area contributed by atoms with Gasteiger partial charge in [-0.15, -0.1) is 0 Å². The minimum absolute atomic E-state index is 0.0948. The largest absolute Gasteiger partial charge is 0.493 e. The van der Waals surface area contributed by atoms with Crippen molar-refractivity contribution in [2.24, 2.45) is 0 Å². The van der Waals surface area contributed by atoms with Gasteiger partial charge in [-0.3, -0.25) is 9.59 Å². The van der Waals surface area contributed by atoms with E-state index in [0.717, 1.165) is 10.6 Å². The lowest BCUT2D eigenvalue weighted by Crippen LogP contribution is -3.11. The molecule has 1 amide bonds. The average Bonchev–Trinajstić information content (AvgIpc) is 2.73. The Morgan fingerprint density at radius 1 is 1.14 bits per heavy atom. The van der Waals surface area contributed by atoms with Crippen molar-refractivity contribution in [3.05, 3.63) is 58.6 Å². The number of ether oxygens (including phenoxy) is 2. The van der Waals surface area contributed by atoms with Gasteiger partial charge in [-0.2, -0.15) is 0 Å². The monoisotopic (exact) mass is 397 g/mol. The maximum absolute atomic E-state index is 12.5. The summed E-state index contributed by atoms with van der Waals surface area (Å²) >= 11 is 0. The van der Waals surface area contributed by atoms with Crippen molar-refractivity contribution >= 4 is 22.5 Å². The van der Waals surface area contributed by atoms with Crippen LogP contribution in [0.2, 0.25) is 0 Å². The molecule has 1 aromatic heterocycles. The minimum atomic E-state index is -0.254. The zero-order valence-corrected chi connectivity index (χ0v) is 16.7. The van der Waals surface area contributed by atoms with Crippen LogP contribution in [0, 0.1) is 0 Å². The fourth-order valence-electron chi connectivity index (χ4n) is 3.10. The number of aromatic nitrogens is 2. The van der Waals surface area contributed by atoms with Crippen LogP contribution in [-0.4, -0.2) is 43.2 Å². The smallest absolute Gasteiger partial charge is 0.279 e. The molecule has 8 heteroatoms. The van der Waals surface area contributed by atoms with Crippen LogP contribution in [0.4, 0.5) is 5.69 Å². The van der Waals surface area contributed by atoms with E-state index in [1.54, 1.807) is 12.1 Å². The molecule has 0 spiro atoms. The maximum atomic E-state index is 12.5. The highest BCUT2D eigenvalue weighted by Crippen LogP contribution is 2.29. The molecule has 0 fully saturated rings. The fraction of sp³-hybridized carbons (Fsp3) is 0.286. The molecule has 0 radical (unpaired) electrons. The van der Waals surface area contributed by atoms with Gasteiger partial charge in [0.15, 0.2) is 23.9 Å². The van der Waals surface area contributed by atoms with Crippen LogP contribution in [0.1, 0.15) is 12.7 Å². The lowest BCUT2D eigenvalue weighted by Gasteiger charge is -2.17. The highest BCUT2D eigenvalue weighted by molar-refractivity contribution is 5.91. The molecule has 0 saturated carbocycles. The van der Waals surface area contributed by atoms with Gasteiger partial charge >= 0.3 is 0 Å². The molecule has 152 valence electrons. The number of para-hydroxylation sites is 1. The van der Waals surface area contributed by atoms with Gasteiger partial charge in [0.05, 0.1) is 31.7 Å². The van der Waals surface area contributed by atoms with Crippen LogP contribution in [0.3, 0.4) is 0 Å². The Kier molecular flexibility index (Phi) is 6.46. The van der Waals surface area contributed by atoms with Crippen molar-refractivity contribution in [3.8, 4) is 11.5 Å². The van der Waals surface area contributed by atoms with E-state index in [9.17, 15) is 9.59 Å². The summed E-state index contributed by atoms with van der Waals surface area (Å²) in [5, 5.41) is 3.30. The number of aromatic amines is 1. The van der Waals surface area contributed by atoms with Crippen LogP contribution in [-0.2, 0) is 11.3 Å². The van der Waals surface area contributed by atoms with E-state index >= 15 is 0 Å². The second-order valence-electron chi connectivity index (χ2n) is 6.61. The standard InChI is InChI=1S/C21H24N4O4/c1-4-25(13-20(26)22-14-8-6-5-7-9-14)12-19-23-16-11-18(29-3)17(28-2)10-15(16)21(27)24-19/h5-11H,4,12-13H2,1-3H3,(H,22,26)(H,23,24,27)/p+1. The third-order valence-corrected chi connectivity index (χ3v) is 4.65. The predicted molar refractivity (Wildman–Crippen MR) is 111 cm³/mol. The summed E-state index contributed by atoms with van der Waals surface area (Å²) in [6.45, 7) is 3.37. The third-order valence-electron chi connectivity index (χ3n) is 4.65. The summed E-state index contributed by atoms with van der Waals surface area (Å²) in [5.74, 6) is 1.39. The van der Waals surface area contributed by atoms with Gasteiger partial charge in [0, 0.05) is 11.8 Å². The number of carbonyl (C=O) groups excluding carboxylic acids is 1. The van der Waals surface area contributed by atoms with Gasteiger partial charge < -0.3 is 24.7 Å². The van der Waals surface area contributed by atoms with Gasteiger partial charge in [0.1, 0.15) is 6.54 Å². The lowest BCUT2D eigenvalue weighted by molar-refractivity contribution is -0.904. The maximum Gasteiger partial charge on any atom is 0.279 e. The van der Waals surface area contributed by atoms with E-state index < -0.39 is 0 Å². The molecule has 0 aliphatic carbocycles. The number of quaternary nitrogens is 1. The zero-order valence-electron chi connectivity index (χ0n) is 16.7. The van der Waals surface area contributed by atoms with E-state index in [1.165, 1.54) is 14.2 Å². The highest BCUT2D eigenvalue weighted by atomic mass is 16.5. The number of H-pyrrole nitrogens is 1. The van der Waals surface area contributed by atoms with E-state index in [0.29, 0.717) is 41.3 Å². The first-order valence-corrected chi connectivity index (χ1v) is 9.37. The van der Waals surface area contributed by atoms with Crippen molar-refractivity contribution in [2.75, 3.05) is 32.6 Å². The van der Waals surface area contributed by atoms with E-state index in [1.807, 2.05) is 37.3 Å². The third kappa shape index (κ3) is 4.91. The molecule has 1 heterocycles. The summed E-state index contributed by atoms with van der Waals surface area (Å²) in [5.41, 5.74) is 1.02. The minimum Gasteiger partial charge on any atom is -0.493 e. The summed E-state index contributed by atoms with van der Waals surface area (Å²) in [7, 11) is 3.05. The topological polar surface area (TPSA) is 97.8 Å². The second kappa shape index (κ2) is 9.20. The predicted octanol–water partition coefficient (Wildman–Crippen LogP) is 0.984. The highest BCUT2D eigenvalue weighted by Gasteiger charge is 2.17. The first kappa shape index (κ1) is 20.3. The van der Waals surface area contributed by atoms with Gasteiger partial charge in [-0.05, 0) is 25.1 Å². The molecule has 0 aliphatic rings. The van der Waals surface area contributed by atoms with E-state index in [4.69, 9.17) is 9.47 Å². The molecule has 29 heavy (non-hydrogen) atoms. The lowest BCUT2D eigenvalue weighted by atomic mass is 10.2. The average molecular weight is 397 g/mol. The second-order valence-corrected chi connectivity index (χ2v) is 6.61. The molecule has 0 saturated heterocycles. The Balaban J connectivity index is 1.78. The Morgan fingerprint density at radius 2 is 1.83 bits per heavy atom. The summed E-state index contributed by atoms with van der Waals surface area (Å²) in [6, 6.07) is 12.6. The van der Waals surface area contributed by atoms with Crippen molar-refractivity contribution in [1.82, 2.24) is 9.97 Å². The summed E-state index contributed by atoms with van der Waals surface area (Å²) in [6.07, 6.45) is 0. The Labute approximate surface area is 168 Å². The molecule has 0 aliphatic heterocycles. The normalized spacial score (nSPS) is 11.8. The number of benzene rings is 2. The van der Waals surface area contributed by atoms with Crippen LogP contribution in [0.25, 0.3) is 10.9 Å². The zero-order chi connectivity index (χ0) is 20.8. The summed E-state index contributed by atoms with van der Waals surface area (Å²) < 4.78 is 10.6. The van der Waals surface area contributed by atoms with Gasteiger partial charge in [0.2, 0.25) is 0 Å². The molecular formula is C21H25N4O4+. The number of anilines is 1. The SMILES string of the molecule is CC[NH+](CC(=O)Nc1ccccc1)Cc1nc2cc(OC)c(OC)cc2c(=O)[nH]1. The van der Waals surface area contributed by atoms with Gasteiger partial charge in [-0.25, -0.2) is 4.98 Å². The number of nitrogens with one attached hydrogen (secondary N) is 3. The molecule has 3 N–H and O–H groups in total. The van der Waals surface area contributed by atoms with Gasteiger partial charge in [-0.1, -0.05) is 18.2 Å². The Morgan fingerprint density at radius 3 is 2.48 bits per heavy atom. The van der Waals surface area contributed by atoms with E-state index in [-0.39, 0.29) is 18.0 Å². The molecule has 3 rings (SSSR count). The number of nitrogens with zero attached hydrogens (tertiary/aromatic N) is 1. The van der Waals surface area contributed by atoms with Crippen LogP contribution < -0.4 is 25.2 Å². The number of methoxy groups -OCH3 is 2. The number of amides is 1. The van der Waals surface area contributed by atoms with Gasteiger partial charge in [0.25, 0.3) is 11.5 Å². The molecular weight excluding hydrogens is 372 g/mol. The number of likely N-dealkylation sites (N-methyl/N-ethyl adjacent to an activating group) is 1. The van der Waals surface area contributed by atoms with Crippen LogP contribution in [0.15, 0.2) is 47.3 Å². The molecule has 3 aromatic rings. The molecule has 2 aromatic carbocycles. The fourth-order valence-corrected chi connectivity index (χ4v) is 3.10.